The molecule has 1 saturated heterocycles. The molecule has 2 aromatic carbocycles. The monoisotopic (exact) mass is 452 g/mol. The summed E-state index contributed by atoms with van der Waals surface area (Å²) in [6, 6.07) is 9.34. The Morgan fingerprint density at radius 3 is 2.30 bits per heavy atom. The molecule has 0 N–H and O–H groups in total. The first-order chi connectivity index (χ1) is 15.8. The molecule has 178 valence electrons. The highest BCUT2D eigenvalue weighted by molar-refractivity contribution is 6.13. The van der Waals surface area contributed by atoms with Crippen LogP contribution in [0.4, 0.5) is 0 Å². The van der Waals surface area contributed by atoms with Gasteiger partial charge in [-0.25, -0.2) is 0 Å². The number of nitrogens with zero attached hydrogens (tertiary/aromatic N) is 2. The van der Waals surface area contributed by atoms with Crippen LogP contribution in [0, 0.1) is 5.92 Å². The standard InChI is InChI=1S/C27H36N2O4/c1-18-16-20-24(33-27(18,2)3)21(17-29-14-12-28(4)13-15-29)26(32-6)22(25(20)31-5)23(30)19-10-8-7-9-11-19/h7-11,18H,12-17H2,1-6H3. The van der Waals surface area contributed by atoms with Gasteiger partial charge in [-0.05, 0) is 33.2 Å². The predicted octanol–water partition coefficient (Wildman–Crippen LogP) is 4.03. The Morgan fingerprint density at radius 2 is 1.70 bits per heavy atom. The van der Waals surface area contributed by atoms with E-state index < -0.39 is 0 Å². The minimum Gasteiger partial charge on any atom is -0.495 e. The summed E-state index contributed by atoms with van der Waals surface area (Å²) in [6.07, 6.45) is 0.778. The van der Waals surface area contributed by atoms with Gasteiger partial charge in [-0.2, -0.15) is 0 Å². The summed E-state index contributed by atoms with van der Waals surface area (Å²) in [6.45, 7) is 11.1. The van der Waals surface area contributed by atoms with Crippen LogP contribution in [0.2, 0.25) is 0 Å². The van der Waals surface area contributed by atoms with Crippen molar-refractivity contribution in [2.45, 2.75) is 39.3 Å². The van der Waals surface area contributed by atoms with Gasteiger partial charge in [0.2, 0.25) is 5.78 Å². The van der Waals surface area contributed by atoms with Crippen LogP contribution in [0.5, 0.6) is 17.2 Å². The highest BCUT2D eigenvalue weighted by atomic mass is 16.5. The quantitative estimate of drug-likeness (QED) is 0.617. The van der Waals surface area contributed by atoms with Gasteiger partial charge < -0.3 is 19.1 Å². The van der Waals surface area contributed by atoms with E-state index in [1.165, 1.54) is 0 Å². The Hall–Kier alpha value is -2.57. The molecule has 1 atom stereocenters. The van der Waals surface area contributed by atoms with Crippen molar-refractivity contribution < 1.29 is 19.0 Å². The number of ketones is 1. The third-order valence-electron chi connectivity index (χ3n) is 7.26. The highest BCUT2D eigenvalue weighted by Crippen LogP contribution is 2.50. The molecule has 6 nitrogen and oxygen atoms in total. The van der Waals surface area contributed by atoms with Crippen LogP contribution in [-0.2, 0) is 13.0 Å². The molecule has 6 heteroatoms. The van der Waals surface area contributed by atoms with Crippen LogP contribution in [0.25, 0.3) is 0 Å². The van der Waals surface area contributed by atoms with E-state index in [1.807, 2.05) is 30.3 Å². The summed E-state index contributed by atoms with van der Waals surface area (Å²) < 4.78 is 18.5. The molecule has 0 aromatic heterocycles. The first kappa shape index (κ1) is 23.6. The fourth-order valence-corrected chi connectivity index (χ4v) is 4.78. The predicted molar refractivity (Wildman–Crippen MR) is 130 cm³/mol. The Kier molecular flexibility index (Phi) is 6.68. The summed E-state index contributed by atoms with van der Waals surface area (Å²) in [4.78, 5) is 18.5. The number of fused-ring (bicyclic) bond motifs is 1. The molecule has 2 aliphatic heterocycles. The van der Waals surface area contributed by atoms with Crippen LogP contribution >= 0.6 is 0 Å². The molecular weight excluding hydrogens is 416 g/mol. The van der Waals surface area contributed by atoms with E-state index in [2.05, 4.69) is 37.6 Å². The number of hydrogen-bond acceptors (Lipinski definition) is 6. The topological polar surface area (TPSA) is 51.2 Å². The molecule has 2 heterocycles. The normalized spacial score (nSPS) is 20.6. The van der Waals surface area contributed by atoms with Gasteiger partial charge in [0, 0.05) is 43.9 Å². The van der Waals surface area contributed by atoms with Gasteiger partial charge in [0.15, 0.2) is 0 Å². The maximum Gasteiger partial charge on any atom is 0.200 e. The maximum absolute atomic E-state index is 13.8. The van der Waals surface area contributed by atoms with Crippen LogP contribution in [0.15, 0.2) is 30.3 Å². The first-order valence-corrected chi connectivity index (χ1v) is 11.8. The number of piperazine rings is 1. The minimum absolute atomic E-state index is 0.0933. The average Bonchev–Trinajstić information content (AvgIpc) is 2.81. The van der Waals surface area contributed by atoms with Crippen molar-refractivity contribution in [3.63, 3.8) is 0 Å². The first-order valence-electron chi connectivity index (χ1n) is 11.8. The highest BCUT2D eigenvalue weighted by Gasteiger charge is 2.40. The fraction of sp³-hybridized carbons (Fsp3) is 0.519. The molecule has 4 rings (SSSR count). The maximum atomic E-state index is 13.8. The molecule has 1 unspecified atom stereocenters. The van der Waals surface area contributed by atoms with Crippen LogP contribution in [-0.4, -0.2) is 68.6 Å². The molecule has 0 bridgehead atoms. The number of methoxy groups -OCH3 is 2. The van der Waals surface area contributed by atoms with Gasteiger partial charge in [-0.1, -0.05) is 37.3 Å². The van der Waals surface area contributed by atoms with Crippen molar-refractivity contribution in [2.24, 2.45) is 5.92 Å². The average molecular weight is 453 g/mol. The molecule has 0 spiro atoms. The minimum atomic E-state index is -0.329. The van der Waals surface area contributed by atoms with E-state index in [-0.39, 0.29) is 17.3 Å². The number of rotatable bonds is 6. The number of ether oxygens (including phenoxy) is 3. The summed E-state index contributed by atoms with van der Waals surface area (Å²) in [5.41, 5.74) is 2.69. The van der Waals surface area contributed by atoms with Gasteiger partial charge in [0.05, 0.1) is 19.8 Å². The zero-order chi connectivity index (χ0) is 23.8. The molecule has 2 aliphatic rings. The van der Waals surface area contributed by atoms with Gasteiger partial charge in [0.25, 0.3) is 0 Å². The second kappa shape index (κ2) is 9.35. The molecule has 0 amide bonds. The van der Waals surface area contributed by atoms with Gasteiger partial charge >= 0.3 is 0 Å². The largest absolute Gasteiger partial charge is 0.495 e. The van der Waals surface area contributed by atoms with Crippen LogP contribution in [0.3, 0.4) is 0 Å². The fourth-order valence-electron chi connectivity index (χ4n) is 4.78. The summed E-state index contributed by atoms with van der Waals surface area (Å²) in [5, 5.41) is 0. The third kappa shape index (κ3) is 4.46. The lowest BCUT2D eigenvalue weighted by Gasteiger charge is -2.41. The molecule has 0 saturated carbocycles. The van der Waals surface area contributed by atoms with Gasteiger partial charge in [-0.3, -0.25) is 9.69 Å². The number of hydrogen-bond donors (Lipinski definition) is 0. The third-order valence-corrected chi connectivity index (χ3v) is 7.26. The van der Waals surface area contributed by atoms with Crippen molar-refractivity contribution in [3.8, 4) is 17.2 Å². The number of likely N-dealkylation sites (N-methyl/N-ethyl adjacent to an activating group) is 1. The molecule has 1 fully saturated rings. The molecule has 0 radical (unpaired) electrons. The van der Waals surface area contributed by atoms with E-state index in [0.717, 1.165) is 49.5 Å². The van der Waals surface area contributed by atoms with Crippen molar-refractivity contribution in [1.29, 1.82) is 0 Å². The second-order valence-corrected chi connectivity index (χ2v) is 9.81. The SMILES string of the molecule is COc1c2c(c(CN3CCN(C)CC3)c(OC)c1C(=O)c1ccccc1)OC(C)(C)C(C)C2. The number of benzene rings is 2. The smallest absolute Gasteiger partial charge is 0.200 e. The number of carbonyl (C=O) groups excluding carboxylic acids is 1. The lowest BCUT2D eigenvalue weighted by Crippen LogP contribution is -2.45. The Balaban J connectivity index is 1.91. The molecule has 2 aromatic rings. The Morgan fingerprint density at radius 1 is 1.06 bits per heavy atom. The summed E-state index contributed by atoms with van der Waals surface area (Å²) in [7, 11) is 5.41. The van der Waals surface area contributed by atoms with E-state index in [1.54, 1.807) is 14.2 Å². The summed E-state index contributed by atoms with van der Waals surface area (Å²) in [5.74, 6) is 2.12. The summed E-state index contributed by atoms with van der Waals surface area (Å²) >= 11 is 0. The lowest BCUT2D eigenvalue weighted by atomic mass is 9.81. The van der Waals surface area contributed by atoms with Crippen molar-refractivity contribution in [2.75, 3.05) is 47.4 Å². The Labute approximate surface area is 197 Å². The van der Waals surface area contributed by atoms with Gasteiger partial charge in [-0.15, -0.1) is 0 Å². The lowest BCUT2D eigenvalue weighted by molar-refractivity contribution is 0.0316. The molecular formula is C27H36N2O4. The zero-order valence-electron chi connectivity index (χ0n) is 20.7. The second-order valence-electron chi connectivity index (χ2n) is 9.81. The van der Waals surface area contributed by atoms with E-state index in [4.69, 9.17) is 14.2 Å². The van der Waals surface area contributed by atoms with Crippen molar-refractivity contribution >= 4 is 5.78 Å². The molecule has 33 heavy (non-hydrogen) atoms. The van der Waals surface area contributed by atoms with Crippen molar-refractivity contribution in [3.05, 3.63) is 52.6 Å². The van der Waals surface area contributed by atoms with Crippen molar-refractivity contribution in [1.82, 2.24) is 9.80 Å². The number of carbonyl (C=O) groups is 1. The molecule has 0 aliphatic carbocycles. The van der Waals surface area contributed by atoms with E-state index in [0.29, 0.717) is 29.2 Å². The zero-order valence-corrected chi connectivity index (χ0v) is 20.7. The van der Waals surface area contributed by atoms with E-state index >= 15 is 0 Å². The van der Waals surface area contributed by atoms with Crippen LogP contribution < -0.4 is 14.2 Å². The van der Waals surface area contributed by atoms with E-state index in [9.17, 15) is 4.79 Å². The van der Waals surface area contributed by atoms with Crippen LogP contribution in [0.1, 0.15) is 47.8 Å². The van der Waals surface area contributed by atoms with Gasteiger partial charge in [0.1, 0.15) is 28.4 Å². The Bertz CT molecular complexity index is 1010.